The summed E-state index contributed by atoms with van der Waals surface area (Å²) >= 11 is 6.18. The van der Waals surface area contributed by atoms with Crippen LogP contribution < -0.4 is 15.5 Å². The molecule has 0 aliphatic heterocycles. The number of rotatable bonds is 8. The van der Waals surface area contributed by atoms with Crippen LogP contribution in [0, 0.1) is 10.1 Å². The van der Waals surface area contributed by atoms with Gasteiger partial charge in [0, 0.05) is 18.7 Å². The quantitative estimate of drug-likeness (QED) is 0.295. The molecule has 0 bridgehead atoms. The van der Waals surface area contributed by atoms with Gasteiger partial charge in [-0.15, -0.1) is 0 Å². The SMILES string of the molecule is CCCNC(=O)C(=O)N/N=C\c1ccc(OCc2ccc([N+](=O)[O-])cc2)c(Cl)c1. The second-order valence-electron chi connectivity index (χ2n) is 5.86. The number of amides is 2. The van der Waals surface area contributed by atoms with Crippen LogP contribution in [0.2, 0.25) is 5.02 Å². The molecule has 29 heavy (non-hydrogen) atoms. The highest BCUT2D eigenvalue weighted by atomic mass is 35.5. The van der Waals surface area contributed by atoms with E-state index < -0.39 is 16.7 Å². The topological polar surface area (TPSA) is 123 Å². The van der Waals surface area contributed by atoms with Gasteiger partial charge in [0.25, 0.3) is 5.69 Å². The molecule has 0 aliphatic rings. The number of ether oxygens (including phenoxy) is 1. The summed E-state index contributed by atoms with van der Waals surface area (Å²) in [5.41, 5.74) is 3.48. The number of nitro groups is 1. The summed E-state index contributed by atoms with van der Waals surface area (Å²) < 4.78 is 5.62. The lowest BCUT2D eigenvalue weighted by Gasteiger charge is -2.08. The smallest absolute Gasteiger partial charge is 0.329 e. The Morgan fingerprint density at radius 2 is 1.93 bits per heavy atom. The molecule has 2 rings (SSSR count). The predicted molar refractivity (Wildman–Crippen MR) is 108 cm³/mol. The van der Waals surface area contributed by atoms with Gasteiger partial charge < -0.3 is 10.1 Å². The third-order valence-electron chi connectivity index (χ3n) is 3.62. The lowest BCUT2D eigenvalue weighted by molar-refractivity contribution is -0.384. The lowest BCUT2D eigenvalue weighted by atomic mass is 10.2. The van der Waals surface area contributed by atoms with E-state index in [2.05, 4.69) is 15.8 Å². The Hall–Kier alpha value is -3.46. The lowest BCUT2D eigenvalue weighted by Crippen LogP contribution is -2.38. The van der Waals surface area contributed by atoms with Gasteiger partial charge in [-0.25, -0.2) is 5.43 Å². The summed E-state index contributed by atoms with van der Waals surface area (Å²) in [5, 5.41) is 17.1. The average Bonchev–Trinajstić information content (AvgIpc) is 2.71. The number of hydrogen-bond acceptors (Lipinski definition) is 6. The highest BCUT2D eigenvalue weighted by molar-refractivity contribution is 6.35. The number of nitrogens with one attached hydrogen (secondary N) is 2. The van der Waals surface area contributed by atoms with Crippen LogP contribution in [0.15, 0.2) is 47.6 Å². The molecule has 0 heterocycles. The van der Waals surface area contributed by atoms with Crippen LogP contribution in [0.4, 0.5) is 5.69 Å². The number of hydrazone groups is 1. The Balaban J connectivity index is 1.90. The first-order chi connectivity index (χ1) is 13.9. The van der Waals surface area contributed by atoms with Gasteiger partial charge in [-0.2, -0.15) is 5.10 Å². The normalized spacial score (nSPS) is 10.6. The number of nitrogens with zero attached hydrogens (tertiary/aromatic N) is 2. The monoisotopic (exact) mass is 418 g/mol. The molecule has 2 aromatic rings. The van der Waals surface area contributed by atoms with Gasteiger partial charge in [-0.1, -0.05) is 18.5 Å². The van der Waals surface area contributed by atoms with Gasteiger partial charge in [-0.05, 0) is 47.9 Å². The minimum atomic E-state index is -0.858. The molecule has 0 aliphatic carbocycles. The maximum atomic E-state index is 11.5. The van der Waals surface area contributed by atoms with E-state index in [1.165, 1.54) is 18.3 Å². The van der Waals surface area contributed by atoms with Crippen molar-refractivity contribution in [3.05, 3.63) is 68.7 Å². The van der Waals surface area contributed by atoms with Crippen molar-refractivity contribution in [3.63, 3.8) is 0 Å². The van der Waals surface area contributed by atoms with Crippen molar-refractivity contribution in [1.29, 1.82) is 0 Å². The van der Waals surface area contributed by atoms with E-state index in [0.29, 0.717) is 22.9 Å². The molecular formula is C19H19ClN4O5. The van der Waals surface area contributed by atoms with Crippen molar-refractivity contribution in [3.8, 4) is 5.75 Å². The minimum Gasteiger partial charge on any atom is -0.487 e. The zero-order valence-corrected chi connectivity index (χ0v) is 16.3. The van der Waals surface area contributed by atoms with Gasteiger partial charge in [0.1, 0.15) is 12.4 Å². The van der Waals surface area contributed by atoms with E-state index in [1.807, 2.05) is 6.92 Å². The summed E-state index contributed by atoms with van der Waals surface area (Å²) in [6, 6.07) is 10.9. The highest BCUT2D eigenvalue weighted by Gasteiger charge is 2.11. The molecule has 9 nitrogen and oxygen atoms in total. The molecule has 0 spiro atoms. The van der Waals surface area contributed by atoms with Crippen LogP contribution in [0.5, 0.6) is 5.75 Å². The second kappa shape index (κ2) is 10.8. The van der Waals surface area contributed by atoms with Crippen LogP contribution in [-0.4, -0.2) is 29.5 Å². The summed E-state index contributed by atoms with van der Waals surface area (Å²) in [6.45, 7) is 2.47. The van der Waals surface area contributed by atoms with Crippen molar-refractivity contribution in [2.75, 3.05) is 6.54 Å². The molecule has 2 aromatic carbocycles. The van der Waals surface area contributed by atoms with Crippen LogP contribution in [0.1, 0.15) is 24.5 Å². The summed E-state index contributed by atoms with van der Waals surface area (Å²) in [7, 11) is 0. The van der Waals surface area contributed by atoms with Crippen LogP contribution in [0.25, 0.3) is 0 Å². The molecule has 0 aromatic heterocycles. The molecule has 10 heteroatoms. The summed E-state index contributed by atoms with van der Waals surface area (Å²) in [4.78, 5) is 33.1. The number of carbonyl (C=O) groups excluding carboxylic acids is 2. The fourth-order valence-corrected chi connectivity index (χ4v) is 2.37. The van der Waals surface area contributed by atoms with Gasteiger partial charge in [0.2, 0.25) is 0 Å². The van der Waals surface area contributed by atoms with E-state index in [4.69, 9.17) is 16.3 Å². The number of benzene rings is 2. The zero-order chi connectivity index (χ0) is 21.2. The molecule has 0 unspecified atom stereocenters. The molecule has 2 amide bonds. The van der Waals surface area contributed by atoms with Crippen molar-refractivity contribution < 1.29 is 19.2 Å². The van der Waals surface area contributed by atoms with E-state index in [9.17, 15) is 19.7 Å². The fourth-order valence-electron chi connectivity index (χ4n) is 2.12. The van der Waals surface area contributed by atoms with Crippen LogP contribution >= 0.6 is 11.6 Å². The molecule has 0 radical (unpaired) electrons. The Kier molecular flexibility index (Phi) is 8.11. The Labute approximate surface area is 171 Å². The van der Waals surface area contributed by atoms with Gasteiger partial charge in [0.15, 0.2) is 0 Å². The first-order valence-corrected chi connectivity index (χ1v) is 9.05. The minimum absolute atomic E-state index is 0.00496. The van der Waals surface area contributed by atoms with Crippen molar-refractivity contribution in [2.24, 2.45) is 5.10 Å². The van der Waals surface area contributed by atoms with Crippen molar-refractivity contribution >= 4 is 35.3 Å². The number of halogens is 1. The summed E-state index contributed by atoms with van der Waals surface area (Å²) in [6.07, 6.45) is 2.07. The van der Waals surface area contributed by atoms with Gasteiger partial charge in [0.05, 0.1) is 16.2 Å². The number of carbonyl (C=O) groups is 2. The molecule has 2 N–H and O–H groups in total. The fraction of sp³-hybridized carbons (Fsp3) is 0.211. The predicted octanol–water partition coefficient (Wildman–Crippen LogP) is 2.80. The number of non-ortho nitro benzene ring substituents is 1. The third-order valence-corrected chi connectivity index (χ3v) is 3.91. The maximum Gasteiger partial charge on any atom is 0.329 e. The second-order valence-corrected chi connectivity index (χ2v) is 6.26. The number of hydrogen-bond donors (Lipinski definition) is 2. The van der Waals surface area contributed by atoms with E-state index in [1.54, 1.807) is 30.3 Å². The van der Waals surface area contributed by atoms with E-state index >= 15 is 0 Å². The van der Waals surface area contributed by atoms with Crippen LogP contribution in [-0.2, 0) is 16.2 Å². The van der Waals surface area contributed by atoms with Crippen molar-refractivity contribution in [2.45, 2.75) is 20.0 Å². The Bertz CT molecular complexity index is 915. The van der Waals surface area contributed by atoms with Gasteiger partial charge >= 0.3 is 11.8 Å². The van der Waals surface area contributed by atoms with Crippen LogP contribution in [0.3, 0.4) is 0 Å². The molecule has 152 valence electrons. The molecule has 0 atom stereocenters. The standard InChI is InChI=1S/C19H19ClN4O5/c1-2-9-21-18(25)19(26)23-22-11-14-5-8-17(16(20)10-14)29-12-13-3-6-15(7-4-13)24(27)28/h3-8,10-11H,2,9,12H2,1H3,(H,21,25)(H,23,26)/b22-11-. The first-order valence-electron chi connectivity index (χ1n) is 8.67. The molecule has 0 fully saturated rings. The zero-order valence-electron chi connectivity index (χ0n) is 15.6. The third kappa shape index (κ3) is 6.89. The highest BCUT2D eigenvalue weighted by Crippen LogP contribution is 2.26. The summed E-state index contributed by atoms with van der Waals surface area (Å²) in [5.74, 6) is -1.19. The van der Waals surface area contributed by atoms with Crippen molar-refractivity contribution in [1.82, 2.24) is 10.7 Å². The van der Waals surface area contributed by atoms with E-state index in [0.717, 1.165) is 12.0 Å². The van der Waals surface area contributed by atoms with E-state index in [-0.39, 0.29) is 12.3 Å². The molecular weight excluding hydrogens is 400 g/mol. The Morgan fingerprint density at radius 1 is 1.21 bits per heavy atom. The average molecular weight is 419 g/mol. The largest absolute Gasteiger partial charge is 0.487 e. The maximum absolute atomic E-state index is 11.5. The molecule has 0 saturated carbocycles. The first kappa shape index (κ1) is 21.8. The van der Waals surface area contributed by atoms with Gasteiger partial charge in [-0.3, -0.25) is 19.7 Å². The number of nitro benzene ring substituents is 1. The Morgan fingerprint density at radius 3 is 2.55 bits per heavy atom. The molecule has 0 saturated heterocycles.